The van der Waals surface area contributed by atoms with Gasteiger partial charge in [-0.2, -0.15) is 5.10 Å². The third-order valence-electron chi connectivity index (χ3n) is 3.23. The van der Waals surface area contributed by atoms with Crippen molar-refractivity contribution in [1.29, 1.82) is 0 Å². The van der Waals surface area contributed by atoms with E-state index in [0.29, 0.717) is 11.6 Å². The molecule has 0 radical (unpaired) electrons. The summed E-state index contributed by atoms with van der Waals surface area (Å²) in [4.78, 5) is 4.35. The van der Waals surface area contributed by atoms with Gasteiger partial charge >= 0.3 is 0 Å². The predicted molar refractivity (Wildman–Crippen MR) is 76.6 cm³/mol. The Morgan fingerprint density at radius 1 is 1.40 bits per heavy atom. The average Bonchev–Trinajstić information content (AvgIpc) is 2.90. The number of rotatable bonds is 2. The molecule has 0 aliphatic carbocycles. The van der Waals surface area contributed by atoms with E-state index < -0.39 is 5.82 Å². The number of hydrogen-bond donors (Lipinski definition) is 1. The molecule has 0 atom stereocenters. The van der Waals surface area contributed by atoms with E-state index in [1.807, 2.05) is 14.0 Å². The number of benzene rings is 1. The molecule has 0 aliphatic heterocycles. The minimum atomic E-state index is -0.468. The number of anilines is 1. The number of aromatic nitrogens is 4. The molecule has 3 rings (SSSR count). The van der Waals surface area contributed by atoms with Gasteiger partial charge in [0, 0.05) is 7.05 Å². The Balaban J connectivity index is 2.32. The zero-order valence-electron chi connectivity index (χ0n) is 11.1. The third kappa shape index (κ3) is 1.76. The first-order chi connectivity index (χ1) is 9.52. The minimum Gasteiger partial charge on any atom is -0.369 e. The maximum Gasteiger partial charge on any atom is 0.207 e. The van der Waals surface area contributed by atoms with Crippen LogP contribution in [0.4, 0.5) is 10.3 Å². The minimum absolute atomic E-state index is 0.0432. The maximum absolute atomic E-state index is 13.3. The number of nitrogens with zero attached hydrogens (tertiary/aromatic N) is 4. The summed E-state index contributed by atoms with van der Waals surface area (Å²) in [5.74, 6) is -0.144. The molecule has 2 aromatic heterocycles. The quantitative estimate of drug-likeness (QED) is 0.790. The van der Waals surface area contributed by atoms with Crippen LogP contribution < -0.4 is 5.73 Å². The molecule has 2 N–H and O–H groups in total. The van der Waals surface area contributed by atoms with Crippen LogP contribution in [0.15, 0.2) is 18.2 Å². The highest BCUT2D eigenvalue weighted by Gasteiger charge is 2.18. The van der Waals surface area contributed by atoms with E-state index >= 15 is 0 Å². The fourth-order valence-corrected chi connectivity index (χ4v) is 2.49. The number of fused-ring (bicyclic) bond motifs is 1. The lowest BCUT2D eigenvalue weighted by molar-refractivity contribution is 0.628. The Kier molecular flexibility index (Phi) is 2.90. The third-order valence-corrected chi connectivity index (χ3v) is 3.52. The van der Waals surface area contributed by atoms with E-state index in [1.54, 1.807) is 15.3 Å². The smallest absolute Gasteiger partial charge is 0.207 e. The van der Waals surface area contributed by atoms with Crippen LogP contribution in [-0.2, 0) is 13.5 Å². The molecule has 3 aromatic rings. The summed E-state index contributed by atoms with van der Waals surface area (Å²) in [6.07, 6.45) is 0.762. The first-order valence-corrected chi connectivity index (χ1v) is 6.56. The number of imidazole rings is 1. The van der Waals surface area contributed by atoms with Crippen LogP contribution in [0, 0.1) is 5.82 Å². The van der Waals surface area contributed by atoms with Crippen LogP contribution in [0.5, 0.6) is 0 Å². The summed E-state index contributed by atoms with van der Waals surface area (Å²) < 4.78 is 16.7. The number of nitrogens with two attached hydrogens (primary N) is 1. The lowest BCUT2D eigenvalue weighted by atomic mass is 10.3. The summed E-state index contributed by atoms with van der Waals surface area (Å²) >= 11 is 5.83. The first-order valence-electron chi connectivity index (χ1n) is 6.18. The fraction of sp³-hybridized carbons (Fsp3) is 0.231. The van der Waals surface area contributed by atoms with Crippen molar-refractivity contribution >= 4 is 28.7 Å². The second kappa shape index (κ2) is 4.49. The Labute approximate surface area is 119 Å². The van der Waals surface area contributed by atoms with Gasteiger partial charge in [-0.05, 0) is 24.6 Å². The Morgan fingerprint density at radius 3 is 2.80 bits per heavy atom. The molecule has 0 fully saturated rings. The predicted octanol–water partition coefficient (Wildman–Crippen LogP) is 2.70. The van der Waals surface area contributed by atoms with Crippen molar-refractivity contribution in [1.82, 2.24) is 19.3 Å². The summed E-state index contributed by atoms with van der Waals surface area (Å²) in [7, 11) is 1.82. The summed E-state index contributed by atoms with van der Waals surface area (Å²) in [5, 5.41) is 4.45. The van der Waals surface area contributed by atoms with Crippen LogP contribution in [0.1, 0.15) is 12.6 Å². The molecule has 2 heterocycles. The largest absolute Gasteiger partial charge is 0.369 e. The number of nitrogen functional groups attached to an aromatic ring is 1. The monoisotopic (exact) mass is 293 g/mol. The van der Waals surface area contributed by atoms with E-state index in [4.69, 9.17) is 17.3 Å². The van der Waals surface area contributed by atoms with Gasteiger partial charge in [0.25, 0.3) is 0 Å². The van der Waals surface area contributed by atoms with Gasteiger partial charge < -0.3 is 5.73 Å². The van der Waals surface area contributed by atoms with Crippen molar-refractivity contribution in [3.63, 3.8) is 0 Å². The topological polar surface area (TPSA) is 61.7 Å². The van der Waals surface area contributed by atoms with E-state index in [1.165, 1.54) is 12.1 Å². The van der Waals surface area contributed by atoms with Crippen molar-refractivity contribution in [2.45, 2.75) is 13.3 Å². The lowest BCUT2D eigenvalue weighted by Crippen LogP contribution is -2.05. The summed E-state index contributed by atoms with van der Waals surface area (Å²) in [5.41, 5.74) is 9.04. The standard InChI is InChI=1S/C13H13ClFN5/c1-3-10-11-12(19(2)18-10)20(13(16)17-11)7-4-5-9(15)8(14)6-7/h4-6H,3H2,1-2H3,(H2,16,17). The van der Waals surface area contributed by atoms with Crippen molar-refractivity contribution in [2.24, 2.45) is 7.05 Å². The van der Waals surface area contributed by atoms with Gasteiger partial charge in [0.1, 0.15) is 11.3 Å². The normalized spacial score (nSPS) is 11.4. The Hall–Kier alpha value is -2.08. The SMILES string of the molecule is CCc1nn(C)c2c1nc(N)n2-c1ccc(F)c(Cl)c1. The highest BCUT2D eigenvalue weighted by molar-refractivity contribution is 6.30. The van der Waals surface area contributed by atoms with E-state index in [-0.39, 0.29) is 5.02 Å². The van der Waals surface area contributed by atoms with Gasteiger partial charge in [-0.1, -0.05) is 18.5 Å². The zero-order chi connectivity index (χ0) is 14.4. The second-order valence-electron chi connectivity index (χ2n) is 4.50. The molecule has 0 spiro atoms. The number of hydrogen-bond acceptors (Lipinski definition) is 3. The van der Waals surface area contributed by atoms with Gasteiger partial charge in [-0.25, -0.2) is 14.1 Å². The zero-order valence-corrected chi connectivity index (χ0v) is 11.8. The van der Waals surface area contributed by atoms with Gasteiger partial charge in [0.2, 0.25) is 5.95 Å². The van der Waals surface area contributed by atoms with Gasteiger partial charge in [-0.3, -0.25) is 4.57 Å². The first kappa shape index (κ1) is 12.9. The second-order valence-corrected chi connectivity index (χ2v) is 4.91. The van der Waals surface area contributed by atoms with E-state index in [9.17, 15) is 4.39 Å². The van der Waals surface area contributed by atoms with Crippen molar-refractivity contribution in [2.75, 3.05) is 5.73 Å². The molecular weight excluding hydrogens is 281 g/mol. The molecule has 104 valence electrons. The van der Waals surface area contributed by atoms with Crippen LogP contribution >= 0.6 is 11.6 Å². The summed E-state index contributed by atoms with van der Waals surface area (Å²) in [6, 6.07) is 4.43. The highest BCUT2D eigenvalue weighted by Crippen LogP contribution is 2.27. The molecule has 7 heteroatoms. The van der Waals surface area contributed by atoms with Gasteiger partial charge in [0.05, 0.1) is 16.4 Å². The van der Waals surface area contributed by atoms with Crippen molar-refractivity contribution < 1.29 is 4.39 Å². The van der Waals surface area contributed by atoms with Crippen molar-refractivity contribution in [3.05, 3.63) is 34.7 Å². The van der Waals surface area contributed by atoms with E-state index in [0.717, 1.165) is 23.3 Å². The van der Waals surface area contributed by atoms with Gasteiger partial charge in [0.15, 0.2) is 5.65 Å². The molecule has 5 nitrogen and oxygen atoms in total. The molecule has 20 heavy (non-hydrogen) atoms. The molecule has 0 bridgehead atoms. The summed E-state index contributed by atoms with van der Waals surface area (Å²) in [6.45, 7) is 2.01. The van der Waals surface area contributed by atoms with Crippen LogP contribution in [0.2, 0.25) is 5.02 Å². The lowest BCUT2D eigenvalue weighted by Gasteiger charge is -2.07. The number of aryl methyl sites for hydroxylation is 2. The highest BCUT2D eigenvalue weighted by atomic mass is 35.5. The molecule has 0 aliphatic rings. The number of halogens is 2. The molecule has 0 unspecified atom stereocenters. The molecular formula is C13H13ClFN5. The average molecular weight is 294 g/mol. The van der Waals surface area contributed by atoms with Crippen LogP contribution in [0.3, 0.4) is 0 Å². The molecule has 0 saturated heterocycles. The maximum atomic E-state index is 13.3. The Bertz CT molecular complexity index is 805. The molecule has 0 saturated carbocycles. The molecule has 1 aromatic carbocycles. The van der Waals surface area contributed by atoms with Gasteiger partial charge in [-0.15, -0.1) is 0 Å². The fourth-order valence-electron chi connectivity index (χ4n) is 2.31. The van der Waals surface area contributed by atoms with E-state index in [2.05, 4.69) is 10.1 Å². The van der Waals surface area contributed by atoms with Crippen molar-refractivity contribution in [3.8, 4) is 5.69 Å². The van der Waals surface area contributed by atoms with Crippen LogP contribution in [0.25, 0.3) is 16.9 Å². The van der Waals surface area contributed by atoms with Crippen LogP contribution in [-0.4, -0.2) is 19.3 Å². The molecule has 0 amide bonds. The Morgan fingerprint density at radius 2 is 2.15 bits per heavy atom.